The minimum atomic E-state index is -4.39. The Morgan fingerprint density at radius 3 is 2.24 bits per heavy atom. The van der Waals surface area contributed by atoms with Gasteiger partial charge < -0.3 is 15.0 Å². The Morgan fingerprint density at radius 1 is 1.03 bits per heavy atom. The number of hydrogen-bond donors (Lipinski definition) is 1. The van der Waals surface area contributed by atoms with Gasteiger partial charge in [-0.15, -0.1) is 0 Å². The van der Waals surface area contributed by atoms with Gasteiger partial charge in [0.2, 0.25) is 5.91 Å². The van der Waals surface area contributed by atoms with Crippen LogP contribution in [-0.2, 0) is 11.0 Å². The number of carbonyl (C=O) groups is 1. The molecule has 1 unspecified atom stereocenters. The molecule has 0 saturated carbocycles. The Labute approximate surface area is 168 Å². The molecule has 1 N–H and O–H groups in total. The van der Waals surface area contributed by atoms with Gasteiger partial charge in [-0.3, -0.25) is 9.69 Å². The smallest absolute Gasteiger partial charge is 0.416 e. The average Bonchev–Trinajstić information content (AvgIpc) is 2.73. The largest absolute Gasteiger partial charge is 0.495 e. The van der Waals surface area contributed by atoms with Crippen LogP contribution in [0, 0.1) is 0 Å². The van der Waals surface area contributed by atoms with E-state index >= 15 is 0 Å². The van der Waals surface area contributed by atoms with Crippen LogP contribution in [0.1, 0.15) is 12.5 Å². The number of anilines is 2. The van der Waals surface area contributed by atoms with Gasteiger partial charge in [-0.05, 0) is 43.3 Å². The van der Waals surface area contributed by atoms with Crippen LogP contribution in [0.15, 0.2) is 48.5 Å². The van der Waals surface area contributed by atoms with E-state index in [4.69, 9.17) is 4.74 Å². The van der Waals surface area contributed by atoms with Gasteiger partial charge in [0.05, 0.1) is 24.4 Å². The van der Waals surface area contributed by atoms with Gasteiger partial charge in [-0.2, -0.15) is 13.2 Å². The maximum absolute atomic E-state index is 12.6. The first-order chi connectivity index (χ1) is 13.8. The zero-order valence-corrected chi connectivity index (χ0v) is 16.4. The van der Waals surface area contributed by atoms with Crippen molar-refractivity contribution < 1.29 is 22.7 Å². The second-order valence-corrected chi connectivity index (χ2v) is 6.94. The molecule has 8 heteroatoms. The van der Waals surface area contributed by atoms with Gasteiger partial charge >= 0.3 is 6.18 Å². The van der Waals surface area contributed by atoms with Crippen LogP contribution in [0.4, 0.5) is 24.5 Å². The molecule has 0 aliphatic carbocycles. The Morgan fingerprint density at radius 2 is 1.66 bits per heavy atom. The van der Waals surface area contributed by atoms with E-state index in [0.29, 0.717) is 18.8 Å². The lowest BCUT2D eigenvalue weighted by Gasteiger charge is -2.38. The van der Waals surface area contributed by atoms with Crippen LogP contribution in [0.2, 0.25) is 0 Å². The first-order valence-corrected chi connectivity index (χ1v) is 9.39. The molecule has 1 heterocycles. The Hall–Kier alpha value is -2.74. The van der Waals surface area contributed by atoms with E-state index in [2.05, 4.69) is 15.1 Å². The number of rotatable bonds is 5. The van der Waals surface area contributed by atoms with Crippen molar-refractivity contribution >= 4 is 17.3 Å². The number of methoxy groups -OCH3 is 1. The van der Waals surface area contributed by atoms with E-state index in [1.165, 1.54) is 12.1 Å². The fourth-order valence-electron chi connectivity index (χ4n) is 3.40. The summed E-state index contributed by atoms with van der Waals surface area (Å²) in [5, 5.41) is 2.70. The summed E-state index contributed by atoms with van der Waals surface area (Å²) in [5.41, 5.74) is 0.634. The molecular formula is C21H24F3N3O2. The fourth-order valence-corrected chi connectivity index (χ4v) is 3.40. The first kappa shape index (κ1) is 21.0. The Kier molecular flexibility index (Phi) is 6.32. The molecule has 156 valence electrons. The van der Waals surface area contributed by atoms with Crippen LogP contribution in [0.3, 0.4) is 0 Å². The topological polar surface area (TPSA) is 44.8 Å². The van der Waals surface area contributed by atoms with Crippen molar-refractivity contribution in [3.63, 3.8) is 0 Å². The predicted molar refractivity (Wildman–Crippen MR) is 106 cm³/mol. The number of halogens is 3. The summed E-state index contributed by atoms with van der Waals surface area (Å²) in [7, 11) is 1.64. The molecular weight excluding hydrogens is 383 g/mol. The van der Waals surface area contributed by atoms with Gasteiger partial charge in [0.15, 0.2) is 0 Å². The normalized spacial score (nSPS) is 16.4. The number of amides is 1. The minimum Gasteiger partial charge on any atom is -0.495 e. The second kappa shape index (κ2) is 8.73. The molecule has 3 rings (SSSR count). The molecule has 0 bridgehead atoms. The van der Waals surface area contributed by atoms with Gasteiger partial charge in [-0.1, -0.05) is 12.1 Å². The number of para-hydroxylation sites is 2. The molecule has 2 aromatic rings. The maximum Gasteiger partial charge on any atom is 0.416 e. The molecule has 1 aliphatic heterocycles. The summed E-state index contributed by atoms with van der Waals surface area (Å²) < 4.78 is 43.4. The molecule has 2 aromatic carbocycles. The van der Waals surface area contributed by atoms with E-state index < -0.39 is 17.8 Å². The number of piperazine rings is 1. The lowest BCUT2D eigenvalue weighted by atomic mass is 10.1. The Bertz CT molecular complexity index is 832. The van der Waals surface area contributed by atoms with Crippen LogP contribution in [0.25, 0.3) is 0 Å². The molecule has 1 aliphatic rings. The van der Waals surface area contributed by atoms with Crippen molar-refractivity contribution in [2.75, 3.05) is 43.5 Å². The van der Waals surface area contributed by atoms with Crippen molar-refractivity contribution in [1.29, 1.82) is 0 Å². The van der Waals surface area contributed by atoms with Crippen molar-refractivity contribution in [2.45, 2.75) is 19.1 Å². The van der Waals surface area contributed by atoms with Gasteiger partial charge in [0.1, 0.15) is 5.75 Å². The summed E-state index contributed by atoms with van der Waals surface area (Å²) in [6.45, 7) is 4.69. The van der Waals surface area contributed by atoms with Crippen molar-refractivity contribution in [3.05, 3.63) is 54.1 Å². The average molecular weight is 407 g/mol. The lowest BCUT2D eigenvalue weighted by Crippen LogP contribution is -2.52. The van der Waals surface area contributed by atoms with E-state index in [0.717, 1.165) is 36.7 Å². The van der Waals surface area contributed by atoms with Gasteiger partial charge in [-0.25, -0.2) is 0 Å². The molecule has 0 radical (unpaired) electrons. The number of ether oxygens (including phenoxy) is 1. The number of nitrogens with zero attached hydrogens (tertiary/aromatic N) is 2. The summed E-state index contributed by atoms with van der Waals surface area (Å²) in [5.74, 6) is 0.574. The van der Waals surface area contributed by atoms with Crippen molar-refractivity contribution in [1.82, 2.24) is 4.90 Å². The summed E-state index contributed by atoms with van der Waals surface area (Å²) in [6.07, 6.45) is -4.39. The molecule has 1 saturated heterocycles. The molecule has 29 heavy (non-hydrogen) atoms. The SMILES string of the molecule is COc1ccccc1N1CCN(C(C)C(=O)Nc2ccc(C(F)(F)F)cc2)CC1. The Balaban J connectivity index is 1.56. The molecule has 0 aromatic heterocycles. The summed E-state index contributed by atoms with van der Waals surface area (Å²) >= 11 is 0. The third-order valence-electron chi connectivity index (χ3n) is 5.15. The lowest BCUT2D eigenvalue weighted by molar-refractivity contribution is -0.137. The standard InChI is InChI=1S/C21H24F3N3O2/c1-15(20(28)25-17-9-7-16(8-10-17)21(22,23)24)26-11-13-27(14-12-26)18-5-3-4-6-19(18)29-2/h3-10,15H,11-14H2,1-2H3,(H,25,28). The quantitative estimate of drug-likeness (QED) is 0.818. The van der Waals surface area contributed by atoms with Gasteiger partial charge in [0.25, 0.3) is 0 Å². The number of carbonyl (C=O) groups excluding carboxylic acids is 1. The first-order valence-electron chi connectivity index (χ1n) is 9.39. The number of hydrogen-bond acceptors (Lipinski definition) is 4. The highest BCUT2D eigenvalue weighted by molar-refractivity contribution is 5.94. The van der Waals surface area contributed by atoms with E-state index in [1.807, 2.05) is 24.3 Å². The van der Waals surface area contributed by atoms with Gasteiger partial charge in [0, 0.05) is 31.9 Å². The third kappa shape index (κ3) is 5.00. The molecule has 1 atom stereocenters. The zero-order chi connectivity index (χ0) is 21.0. The highest BCUT2D eigenvalue weighted by Crippen LogP contribution is 2.30. The fraction of sp³-hybridized carbons (Fsp3) is 0.381. The van der Waals surface area contributed by atoms with E-state index in [-0.39, 0.29) is 5.91 Å². The number of alkyl halides is 3. The van der Waals surface area contributed by atoms with Crippen molar-refractivity contribution in [2.24, 2.45) is 0 Å². The van der Waals surface area contributed by atoms with E-state index in [9.17, 15) is 18.0 Å². The van der Waals surface area contributed by atoms with Crippen LogP contribution in [0.5, 0.6) is 5.75 Å². The second-order valence-electron chi connectivity index (χ2n) is 6.94. The molecule has 0 spiro atoms. The van der Waals surface area contributed by atoms with Crippen LogP contribution in [-0.4, -0.2) is 50.1 Å². The summed E-state index contributed by atoms with van der Waals surface area (Å²) in [6, 6.07) is 11.9. The number of nitrogens with one attached hydrogen (secondary N) is 1. The van der Waals surface area contributed by atoms with Crippen LogP contribution >= 0.6 is 0 Å². The highest BCUT2D eigenvalue weighted by atomic mass is 19.4. The van der Waals surface area contributed by atoms with Crippen molar-refractivity contribution in [3.8, 4) is 5.75 Å². The summed E-state index contributed by atoms with van der Waals surface area (Å²) in [4.78, 5) is 16.8. The molecule has 1 amide bonds. The molecule has 1 fully saturated rings. The monoisotopic (exact) mass is 407 g/mol. The van der Waals surface area contributed by atoms with Crippen LogP contribution < -0.4 is 15.0 Å². The van der Waals surface area contributed by atoms with E-state index in [1.54, 1.807) is 14.0 Å². The zero-order valence-electron chi connectivity index (χ0n) is 16.4. The number of benzene rings is 2. The third-order valence-corrected chi connectivity index (χ3v) is 5.15. The predicted octanol–water partition coefficient (Wildman–Crippen LogP) is 3.86. The highest BCUT2D eigenvalue weighted by Gasteiger charge is 2.30. The molecule has 5 nitrogen and oxygen atoms in total. The maximum atomic E-state index is 12.6. The minimum absolute atomic E-state index is 0.240.